The second-order valence-electron chi connectivity index (χ2n) is 5.54. The molecule has 1 saturated carbocycles. The number of hydrogen-bond acceptors (Lipinski definition) is 1. The van der Waals surface area contributed by atoms with Crippen molar-refractivity contribution in [2.24, 2.45) is 5.41 Å². The Morgan fingerprint density at radius 1 is 1.20 bits per heavy atom. The van der Waals surface area contributed by atoms with Gasteiger partial charge in [0, 0.05) is 12.8 Å². The molecule has 0 heterocycles. The van der Waals surface area contributed by atoms with Crippen molar-refractivity contribution in [1.29, 1.82) is 0 Å². The average Bonchev–Trinajstić information content (AvgIpc) is 2.35. The van der Waals surface area contributed by atoms with Crippen LogP contribution in [0.25, 0.3) is 0 Å². The van der Waals surface area contributed by atoms with Gasteiger partial charge in [0.1, 0.15) is 5.78 Å². The van der Waals surface area contributed by atoms with E-state index in [0.717, 1.165) is 19.3 Å². The summed E-state index contributed by atoms with van der Waals surface area (Å²) in [5, 5.41) is 0. The van der Waals surface area contributed by atoms with E-state index in [1.165, 1.54) is 44.9 Å². The molecule has 1 fully saturated rings. The molecule has 0 aromatic heterocycles. The zero-order chi connectivity index (χ0) is 11.1. The Labute approximate surface area is 94.6 Å². The van der Waals surface area contributed by atoms with Gasteiger partial charge in [-0.2, -0.15) is 0 Å². The van der Waals surface area contributed by atoms with E-state index in [4.69, 9.17) is 0 Å². The second-order valence-corrected chi connectivity index (χ2v) is 5.54. The van der Waals surface area contributed by atoms with Crippen molar-refractivity contribution in [3.63, 3.8) is 0 Å². The maximum atomic E-state index is 11.6. The van der Waals surface area contributed by atoms with E-state index in [-0.39, 0.29) is 0 Å². The Kier molecular flexibility index (Phi) is 5.35. The van der Waals surface area contributed by atoms with Gasteiger partial charge in [0.15, 0.2) is 0 Å². The lowest BCUT2D eigenvalue weighted by molar-refractivity contribution is -0.120. The summed E-state index contributed by atoms with van der Waals surface area (Å²) in [4.78, 5) is 11.6. The highest BCUT2D eigenvalue weighted by Crippen LogP contribution is 2.37. The zero-order valence-electron chi connectivity index (χ0n) is 10.5. The van der Waals surface area contributed by atoms with Crippen molar-refractivity contribution in [1.82, 2.24) is 0 Å². The molecule has 1 rings (SSSR count). The summed E-state index contributed by atoms with van der Waals surface area (Å²) in [5.74, 6) is 0.505. The SMILES string of the molecule is CCCCCCC1(C)CCCCC(=O)C1. The summed E-state index contributed by atoms with van der Waals surface area (Å²) < 4.78 is 0. The maximum absolute atomic E-state index is 11.6. The molecule has 0 spiro atoms. The van der Waals surface area contributed by atoms with Gasteiger partial charge < -0.3 is 0 Å². The quantitative estimate of drug-likeness (QED) is 0.482. The number of rotatable bonds is 5. The van der Waals surface area contributed by atoms with Crippen molar-refractivity contribution in [3.8, 4) is 0 Å². The molecule has 1 nitrogen and oxygen atoms in total. The fourth-order valence-electron chi connectivity index (χ4n) is 2.72. The van der Waals surface area contributed by atoms with Crippen molar-refractivity contribution in [2.75, 3.05) is 0 Å². The van der Waals surface area contributed by atoms with Crippen molar-refractivity contribution in [3.05, 3.63) is 0 Å². The van der Waals surface area contributed by atoms with Crippen LogP contribution in [0.2, 0.25) is 0 Å². The van der Waals surface area contributed by atoms with E-state index in [1.807, 2.05) is 0 Å². The largest absolute Gasteiger partial charge is 0.300 e. The number of unbranched alkanes of at least 4 members (excludes halogenated alkanes) is 3. The van der Waals surface area contributed by atoms with Gasteiger partial charge >= 0.3 is 0 Å². The fourth-order valence-corrected chi connectivity index (χ4v) is 2.72. The number of Topliss-reactive ketones (excluding diaryl/α,β-unsaturated/α-hetero) is 1. The minimum absolute atomic E-state index is 0.335. The molecular formula is C14H26O. The molecule has 0 aromatic rings. The van der Waals surface area contributed by atoms with Gasteiger partial charge in [0.05, 0.1) is 0 Å². The lowest BCUT2D eigenvalue weighted by Crippen LogP contribution is -2.18. The first kappa shape index (κ1) is 12.7. The second kappa shape index (κ2) is 6.30. The van der Waals surface area contributed by atoms with Gasteiger partial charge in [-0.15, -0.1) is 0 Å². The van der Waals surface area contributed by atoms with Gasteiger partial charge in [-0.05, 0) is 24.7 Å². The van der Waals surface area contributed by atoms with E-state index >= 15 is 0 Å². The summed E-state index contributed by atoms with van der Waals surface area (Å²) in [5.41, 5.74) is 0.335. The number of carbonyl (C=O) groups is 1. The summed E-state index contributed by atoms with van der Waals surface area (Å²) in [7, 11) is 0. The van der Waals surface area contributed by atoms with Gasteiger partial charge in [0.2, 0.25) is 0 Å². The Bertz CT molecular complexity index is 198. The van der Waals surface area contributed by atoms with Crippen LogP contribution in [-0.4, -0.2) is 5.78 Å². The molecule has 1 aliphatic carbocycles. The van der Waals surface area contributed by atoms with Gasteiger partial charge in [-0.25, -0.2) is 0 Å². The molecule has 1 atom stereocenters. The molecule has 1 unspecified atom stereocenters. The molecule has 0 radical (unpaired) electrons. The molecule has 1 heteroatoms. The van der Waals surface area contributed by atoms with Gasteiger partial charge in [0.25, 0.3) is 0 Å². The monoisotopic (exact) mass is 210 g/mol. The normalized spacial score (nSPS) is 27.7. The number of hydrogen-bond donors (Lipinski definition) is 0. The third kappa shape index (κ3) is 4.81. The molecule has 0 saturated heterocycles. The molecule has 1 aliphatic rings. The highest BCUT2D eigenvalue weighted by Gasteiger charge is 2.28. The lowest BCUT2D eigenvalue weighted by atomic mass is 9.78. The van der Waals surface area contributed by atoms with Crippen molar-refractivity contribution >= 4 is 5.78 Å². The number of carbonyl (C=O) groups excluding carboxylic acids is 1. The third-order valence-electron chi connectivity index (χ3n) is 3.74. The Morgan fingerprint density at radius 3 is 2.73 bits per heavy atom. The van der Waals surface area contributed by atoms with Crippen molar-refractivity contribution in [2.45, 2.75) is 78.1 Å². The van der Waals surface area contributed by atoms with Gasteiger partial charge in [-0.3, -0.25) is 4.79 Å². The predicted octanol–water partition coefficient (Wildman–Crippen LogP) is 4.50. The number of ketones is 1. The fraction of sp³-hybridized carbons (Fsp3) is 0.929. The minimum Gasteiger partial charge on any atom is -0.300 e. The Morgan fingerprint density at radius 2 is 2.00 bits per heavy atom. The minimum atomic E-state index is 0.335. The standard InChI is InChI=1S/C14H26O/c1-3-4-5-7-10-14(2)11-8-6-9-13(15)12-14/h3-12H2,1-2H3. The predicted molar refractivity (Wildman–Crippen MR) is 65.0 cm³/mol. The Hall–Kier alpha value is -0.330. The van der Waals surface area contributed by atoms with Gasteiger partial charge in [-0.1, -0.05) is 46.0 Å². The zero-order valence-corrected chi connectivity index (χ0v) is 10.5. The molecule has 0 aromatic carbocycles. The Balaban J connectivity index is 2.31. The van der Waals surface area contributed by atoms with Crippen LogP contribution < -0.4 is 0 Å². The molecular weight excluding hydrogens is 184 g/mol. The van der Waals surface area contributed by atoms with Crippen LogP contribution in [0.1, 0.15) is 78.1 Å². The van der Waals surface area contributed by atoms with E-state index in [1.54, 1.807) is 0 Å². The maximum Gasteiger partial charge on any atom is 0.133 e. The van der Waals surface area contributed by atoms with E-state index in [0.29, 0.717) is 11.2 Å². The smallest absolute Gasteiger partial charge is 0.133 e. The summed E-state index contributed by atoms with van der Waals surface area (Å²) >= 11 is 0. The van der Waals surface area contributed by atoms with E-state index in [9.17, 15) is 4.79 Å². The van der Waals surface area contributed by atoms with E-state index in [2.05, 4.69) is 13.8 Å². The molecule has 0 amide bonds. The summed E-state index contributed by atoms with van der Waals surface area (Å²) in [6, 6.07) is 0. The molecule has 15 heavy (non-hydrogen) atoms. The average molecular weight is 210 g/mol. The first-order valence-corrected chi connectivity index (χ1v) is 6.68. The summed E-state index contributed by atoms with van der Waals surface area (Å²) in [6.45, 7) is 4.57. The van der Waals surface area contributed by atoms with Crippen LogP contribution in [0.4, 0.5) is 0 Å². The summed E-state index contributed by atoms with van der Waals surface area (Å²) in [6.07, 6.45) is 11.9. The van der Waals surface area contributed by atoms with Crippen LogP contribution in [0.5, 0.6) is 0 Å². The molecule has 0 aliphatic heterocycles. The highest BCUT2D eigenvalue weighted by molar-refractivity contribution is 5.79. The lowest BCUT2D eigenvalue weighted by Gasteiger charge is -2.27. The van der Waals surface area contributed by atoms with E-state index < -0.39 is 0 Å². The molecule has 0 bridgehead atoms. The first-order valence-electron chi connectivity index (χ1n) is 6.68. The first-order chi connectivity index (χ1) is 7.16. The molecule has 88 valence electrons. The van der Waals surface area contributed by atoms with Crippen LogP contribution in [0.15, 0.2) is 0 Å². The van der Waals surface area contributed by atoms with Crippen LogP contribution >= 0.6 is 0 Å². The van der Waals surface area contributed by atoms with Crippen LogP contribution in [0, 0.1) is 5.41 Å². The van der Waals surface area contributed by atoms with Crippen LogP contribution in [0.3, 0.4) is 0 Å². The van der Waals surface area contributed by atoms with Crippen LogP contribution in [-0.2, 0) is 4.79 Å². The third-order valence-corrected chi connectivity index (χ3v) is 3.74. The van der Waals surface area contributed by atoms with Crippen molar-refractivity contribution < 1.29 is 4.79 Å². The topological polar surface area (TPSA) is 17.1 Å². The molecule has 0 N–H and O–H groups in total. The highest BCUT2D eigenvalue weighted by atomic mass is 16.1.